The number of methoxy groups -OCH3 is 1. The first-order valence-electron chi connectivity index (χ1n) is 8.96. The van der Waals surface area contributed by atoms with E-state index in [-0.39, 0.29) is 18.5 Å². The Labute approximate surface area is 153 Å². The van der Waals surface area contributed by atoms with Crippen LogP contribution in [0.25, 0.3) is 0 Å². The molecule has 2 aromatic rings. The van der Waals surface area contributed by atoms with Crippen molar-refractivity contribution in [1.29, 1.82) is 0 Å². The minimum Gasteiger partial charge on any atom is -0.467 e. The predicted octanol–water partition coefficient (Wildman–Crippen LogP) is 2.42. The Morgan fingerprint density at radius 2 is 1.92 bits per heavy atom. The Bertz CT molecular complexity index is 787. The topological polar surface area (TPSA) is 80.2 Å². The number of ether oxygens (including phenoxy) is 1. The first kappa shape index (κ1) is 18.1. The molecule has 0 atom stereocenters. The van der Waals surface area contributed by atoms with Gasteiger partial charge in [-0.3, -0.25) is 4.79 Å². The third kappa shape index (κ3) is 4.28. The largest absolute Gasteiger partial charge is 0.467 e. The van der Waals surface area contributed by atoms with Gasteiger partial charge in [-0.15, -0.1) is 0 Å². The normalized spacial score (nSPS) is 14.2. The molecule has 7 heteroatoms. The lowest BCUT2D eigenvalue weighted by molar-refractivity contribution is 0.0949. The van der Waals surface area contributed by atoms with E-state index in [1.807, 2.05) is 32.0 Å². The molecule has 3 rings (SSSR count). The Morgan fingerprint density at radius 1 is 1.15 bits per heavy atom. The maximum absolute atomic E-state index is 12.5. The molecule has 1 fully saturated rings. The molecule has 0 unspecified atom stereocenters. The number of nitrogens with one attached hydrogen (secondary N) is 1. The van der Waals surface area contributed by atoms with Gasteiger partial charge in [0.05, 0.1) is 13.7 Å². The quantitative estimate of drug-likeness (QED) is 0.887. The molecule has 26 heavy (non-hydrogen) atoms. The number of carbonyl (C=O) groups is 1. The van der Waals surface area contributed by atoms with E-state index in [0.29, 0.717) is 17.3 Å². The fraction of sp³-hybridized carbons (Fsp3) is 0.474. The summed E-state index contributed by atoms with van der Waals surface area (Å²) in [5.74, 6) is 0.980. The average molecular weight is 355 g/mol. The molecule has 138 valence electrons. The zero-order chi connectivity index (χ0) is 18.5. The molecular formula is C19H25N5O2. The summed E-state index contributed by atoms with van der Waals surface area (Å²) < 4.78 is 5.21. The number of anilines is 1. The van der Waals surface area contributed by atoms with Crippen LogP contribution in [0.1, 0.15) is 46.6 Å². The van der Waals surface area contributed by atoms with Crippen LogP contribution in [0.3, 0.4) is 0 Å². The minimum atomic E-state index is -0.134. The summed E-state index contributed by atoms with van der Waals surface area (Å²) in [5, 5.41) is 2.90. The van der Waals surface area contributed by atoms with Crippen molar-refractivity contribution in [1.82, 2.24) is 20.3 Å². The van der Waals surface area contributed by atoms with Crippen LogP contribution in [0.5, 0.6) is 6.01 Å². The molecule has 0 saturated carbocycles. The molecule has 1 saturated heterocycles. The van der Waals surface area contributed by atoms with Crippen LogP contribution in [0, 0.1) is 13.8 Å². The van der Waals surface area contributed by atoms with Crippen molar-refractivity contribution in [3.63, 3.8) is 0 Å². The van der Waals surface area contributed by atoms with E-state index in [9.17, 15) is 4.79 Å². The third-order valence-corrected chi connectivity index (χ3v) is 4.52. The molecule has 1 aromatic heterocycles. The summed E-state index contributed by atoms with van der Waals surface area (Å²) >= 11 is 0. The summed E-state index contributed by atoms with van der Waals surface area (Å²) in [6.45, 7) is 5.99. The molecule has 1 aliphatic heterocycles. The second-order valence-electron chi connectivity index (χ2n) is 6.59. The van der Waals surface area contributed by atoms with E-state index in [1.165, 1.54) is 13.5 Å². The minimum absolute atomic E-state index is 0.134. The highest BCUT2D eigenvalue weighted by atomic mass is 16.5. The van der Waals surface area contributed by atoms with Crippen LogP contribution >= 0.6 is 0 Å². The molecule has 2 heterocycles. The predicted molar refractivity (Wildman–Crippen MR) is 99.5 cm³/mol. The molecule has 1 N–H and O–H groups in total. The number of hydrogen-bond acceptors (Lipinski definition) is 6. The van der Waals surface area contributed by atoms with Gasteiger partial charge in [-0.1, -0.05) is 17.7 Å². The smallest absolute Gasteiger partial charge is 0.321 e. The van der Waals surface area contributed by atoms with E-state index >= 15 is 0 Å². The maximum Gasteiger partial charge on any atom is 0.321 e. The summed E-state index contributed by atoms with van der Waals surface area (Å²) in [5.41, 5.74) is 2.66. The van der Waals surface area contributed by atoms with Gasteiger partial charge in [0.1, 0.15) is 0 Å². The van der Waals surface area contributed by atoms with Crippen molar-refractivity contribution in [2.75, 3.05) is 25.1 Å². The van der Waals surface area contributed by atoms with Gasteiger partial charge in [0.2, 0.25) is 5.95 Å². The van der Waals surface area contributed by atoms with Crippen molar-refractivity contribution < 1.29 is 9.53 Å². The number of rotatable bonds is 5. The standard InChI is InChI=1S/C19H25N5O2/c1-13-7-8-14(2)15(11-13)17(25)20-12-16-21-18(23-19(22-16)26-3)24-9-5-4-6-10-24/h7-8,11H,4-6,9-10,12H2,1-3H3,(H,20,25). The van der Waals surface area contributed by atoms with E-state index < -0.39 is 0 Å². The number of amides is 1. The number of carbonyl (C=O) groups excluding carboxylic acids is 1. The molecule has 0 aliphatic carbocycles. The Kier molecular flexibility index (Phi) is 5.65. The molecule has 0 spiro atoms. The van der Waals surface area contributed by atoms with Crippen LogP contribution in [-0.4, -0.2) is 41.1 Å². The lowest BCUT2D eigenvalue weighted by atomic mass is 10.1. The maximum atomic E-state index is 12.5. The summed E-state index contributed by atoms with van der Waals surface area (Å²) in [6, 6.07) is 6.10. The molecule has 0 radical (unpaired) electrons. The first-order chi connectivity index (χ1) is 12.6. The first-order valence-corrected chi connectivity index (χ1v) is 8.96. The Balaban J connectivity index is 1.74. The van der Waals surface area contributed by atoms with Crippen molar-refractivity contribution in [2.24, 2.45) is 0 Å². The van der Waals surface area contributed by atoms with Crippen LogP contribution in [0.15, 0.2) is 18.2 Å². The average Bonchev–Trinajstić information content (AvgIpc) is 2.68. The highest BCUT2D eigenvalue weighted by Gasteiger charge is 2.17. The summed E-state index contributed by atoms with van der Waals surface area (Å²) in [6.07, 6.45) is 3.50. The highest BCUT2D eigenvalue weighted by Crippen LogP contribution is 2.18. The zero-order valence-corrected chi connectivity index (χ0v) is 15.6. The van der Waals surface area contributed by atoms with Gasteiger partial charge in [0, 0.05) is 18.7 Å². The van der Waals surface area contributed by atoms with Crippen molar-refractivity contribution >= 4 is 11.9 Å². The SMILES string of the molecule is COc1nc(CNC(=O)c2cc(C)ccc2C)nc(N2CCCCC2)n1. The highest BCUT2D eigenvalue weighted by molar-refractivity contribution is 5.95. The lowest BCUT2D eigenvalue weighted by Gasteiger charge is -2.26. The lowest BCUT2D eigenvalue weighted by Crippen LogP contribution is -2.32. The van der Waals surface area contributed by atoms with Crippen molar-refractivity contribution in [2.45, 2.75) is 39.7 Å². The molecule has 7 nitrogen and oxygen atoms in total. The van der Waals surface area contributed by atoms with Crippen LogP contribution in [-0.2, 0) is 6.54 Å². The van der Waals surface area contributed by atoms with Crippen LogP contribution in [0.2, 0.25) is 0 Å². The summed E-state index contributed by atoms with van der Waals surface area (Å²) in [4.78, 5) is 27.8. The van der Waals surface area contributed by atoms with Crippen LogP contribution in [0.4, 0.5) is 5.95 Å². The fourth-order valence-electron chi connectivity index (χ4n) is 3.03. The van der Waals surface area contributed by atoms with Gasteiger partial charge in [0.15, 0.2) is 5.82 Å². The van der Waals surface area contributed by atoms with Gasteiger partial charge in [-0.25, -0.2) is 0 Å². The number of aryl methyl sites for hydroxylation is 2. The van der Waals surface area contributed by atoms with Crippen molar-refractivity contribution in [3.8, 4) is 6.01 Å². The second-order valence-corrected chi connectivity index (χ2v) is 6.59. The molecular weight excluding hydrogens is 330 g/mol. The van der Waals surface area contributed by atoms with E-state index in [4.69, 9.17) is 4.74 Å². The number of piperidine rings is 1. The van der Waals surface area contributed by atoms with Gasteiger partial charge in [0.25, 0.3) is 5.91 Å². The van der Waals surface area contributed by atoms with Crippen molar-refractivity contribution in [3.05, 3.63) is 40.7 Å². The number of benzene rings is 1. The third-order valence-electron chi connectivity index (χ3n) is 4.52. The van der Waals surface area contributed by atoms with Gasteiger partial charge in [-0.05, 0) is 44.7 Å². The van der Waals surface area contributed by atoms with Gasteiger partial charge < -0.3 is 15.0 Å². The molecule has 1 amide bonds. The van der Waals surface area contributed by atoms with Gasteiger partial charge >= 0.3 is 6.01 Å². The number of nitrogens with zero attached hydrogens (tertiary/aromatic N) is 4. The number of aromatic nitrogens is 3. The molecule has 1 aromatic carbocycles. The van der Waals surface area contributed by atoms with Gasteiger partial charge in [-0.2, -0.15) is 15.0 Å². The van der Waals surface area contributed by atoms with E-state index in [2.05, 4.69) is 25.2 Å². The van der Waals surface area contributed by atoms with E-state index in [1.54, 1.807) is 0 Å². The molecule has 0 bridgehead atoms. The monoisotopic (exact) mass is 355 g/mol. The number of hydrogen-bond donors (Lipinski definition) is 1. The van der Waals surface area contributed by atoms with E-state index in [0.717, 1.165) is 37.1 Å². The summed E-state index contributed by atoms with van der Waals surface area (Å²) in [7, 11) is 1.54. The second kappa shape index (κ2) is 8.12. The Morgan fingerprint density at radius 3 is 2.65 bits per heavy atom. The molecule has 1 aliphatic rings. The Hall–Kier alpha value is -2.70. The fourth-order valence-corrected chi connectivity index (χ4v) is 3.03. The van der Waals surface area contributed by atoms with Crippen LogP contribution < -0.4 is 15.0 Å². The zero-order valence-electron chi connectivity index (χ0n) is 15.6.